The predicted octanol–water partition coefficient (Wildman–Crippen LogP) is 3.07. The van der Waals surface area contributed by atoms with Gasteiger partial charge < -0.3 is 19.3 Å². The van der Waals surface area contributed by atoms with Crippen molar-refractivity contribution in [3.05, 3.63) is 56.8 Å². The van der Waals surface area contributed by atoms with Crippen LogP contribution in [0, 0.1) is 0 Å². The third-order valence-electron chi connectivity index (χ3n) is 3.87. The molecule has 0 aromatic heterocycles. The molecule has 26 heavy (non-hydrogen) atoms. The van der Waals surface area contributed by atoms with E-state index >= 15 is 0 Å². The number of nitrogens with zero attached hydrogens (tertiary/aromatic N) is 6. The largest absolute Gasteiger partial charge is 0.390 e. The average Bonchev–Trinajstić information content (AvgIpc) is 2.93. The van der Waals surface area contributed by atoms with E-state index in [9.17, 15) is 5.11 Å². The van der Waals surface area contributed by atoms with Crippen LogP contribution in [0.15, 0.2) is 40.6 Å². The van der Waals surface area contributed by atoms with Crippen LogP contribution in [0.5, 0.6) is 0 Å². The lowest BCUT2D eigenvalue weighted by atomic mass is 10.0. The molecule has 1 aromatic rings. The lowest BCUT2D eigenvalue weighted by Crippen LogP contribution is -2.47. The lowest BCUT2D eigenvalue weighted by Gasteiger charge is -2.29. The summed E-state index contributed by atoms with van der Waals surface area (Å²) in [5.41, 5.74) is 18.0. The molecule has 1 N–H and O–H groups in total. The highest BCUT2D eigenvalue weighted by Gasteiger charge is 2.47. The van der Waals surface area contributed by atoms with Crippen LogP contribution in [0.4, 0.5) is 0 Å². The molecule has 0 aliphatic carbocycles. The Balaban J connectivity index is 2.19. The Bertz CT molecular complexity index is 673. The fourth-order valence-corrected chi connectivity index (χ4v) is 2.82. The van der Waals surface area contributed by atoms with Gasteiger partial charge in [-0.2, -0.15) is 0 Å². The van der Waals surface area contributed by atoms with E-state index in [1.54, 1.807) is 13.8 Å². The Morgan fingerprint density at radius 3 is 2.54 bits per heavy atom. The van der Waals surface area contributed by atoms with E-state index in [-0.39, 0.29) is 19.7 Å². The molecule has 1 aliphatic heterocycles. The Morgan fingerprint density at radius 1 is 1.19 bits per heavy atom. The zero-order chi connectivity index (χ0) is 19.0. The second-order valence-electron chi connectivity index (χ2n) is 6.29. The molecule has 4 atom stereocenters. The number of azide groups is 2. The molecule has 10 nitrogen and oxygen atoms in total. The maximum Gasteiger partial charge on any atom is 0.163 e. The summed E-state index contributed by atoms with van der Waals surface area (Å²) in [6, 6.07) is 9.44. The highest BCUT2D eigenvalue weighted by Crippen LogP contribution is 2.32. The quantitative estimate of drug-likeness (QED) is 0.408. The second-order valence-corrected chi connectivity index (χ2v) is 6.29. The summed E-state index contributed by atoms with van der Waals surface area (Å²) in [7, 11) is 0. The van der Waals surface area contributed by atoms with Crippen molar-refractivity contribution in [2.75, 3.05) is 13.1 Å². The molecular weight excluding hydrogens is 340 g/mol. The summed E-state index contributed by atoms with van der Waals surface area (Å²) in [5.74, 6) is -0.924. The van der Waals surface area contributed by atoms with Gasteiger partial charge in [-0.3, -0.25) is 0 Å². The molecule has 0 bridgehead atoms. The molecule has 1 aliphatic rings. The van der Waals surface area contributed by atoms with Gasteiger partial charge in [-0.05, 0) is 30.5 Å². The predicted molar refractivity (Wildman–Crippen MR) is 92.9 cm³/mol. The molecule has 1 fully saturated rings. The first-order chi connectivity index (χ1) is 12.5. The van der Waals surface area contributed by atoms with Gasteiger partial charge in [0.05, 0.1) is 31.9 Å². The Labute approximate surface area is 150 Å². The molecular formula is C16H22N6O4. The minimum absolute atomic E-state index is 0.0318. The summed E-state index contributed by atoms with van der Waals surface area (Å²) in [5, 5.41) is 17.4. The van der Waals surface area contributed by atoms with Crippen LogP contribution in [-0.2, 0) is 20.8 Å². The Hall–Kier alpha value is -2.32. The molecule has 0 amide bonds. The summed E-state index contributed by atoms with van der Waals surface area (Å²) >= 11 is 0. The molecule has 0 saturated carbocycles. The maximum atomic E-state index is 10.5. The second kappa shape index (κ2) is 9.40. The lowest BCUT2D eigenvalue weighted by molar-refractivity contribution is -0.171. The van der Waals surface area contributed by atoms with Gasteiger partial charge >= 0.3 is 0 Å². The van der Waals surface area contributed by atoms with Crippen molar-refractivity contribution in [2.45, 2.75) is 50.7 Å². The van der Waals surface area contributed by atoms with Crippen LogP contribution in [0.25, 0.3) is 20.9 Å². The van der Waals surface area contributed by atoms with E-state index in [0.717, 1.165) is 5.56 Å². The molecule has 1 saturated heterocycles. The van der Waals surface area contributed by atoms with Crippen molar-refractivity contribution in [2.24, 2.45) is 10.2 Å². The number of benzene rings is 1. The fourth-order valence-electron chi connectivity index (χ4n) is 2.82. The molecule has 0 radical (unpaired) electrons. The van der Waals surface area contributed by atoms with Gasteiger partial charge in [-0.15, -0.1) is 0 Å². The molecule has 2 rings (SSSR count). The Morgan fingerprint density at radius 2 is 1.88 bits per heavy atom. The topological polar surface area (TPSA) is 145 Å². The summed E-state index contributed by atoms with van der Waals surface area (Å²) in [6.07, 6.45) is -3.22. The molecule has 4 unspecified atom stereocenters. The monoisotopic (exact) mass is 362 g/mol. The average molecular weight is 362 g/mol. The summed E-state index contributed by atoms with van der Waals surface area (Å²) in [6.45, 7) is 3.54. The molecule has 1 heterocycles. The highest BCUT2D eigenvalue weighted by molar-refractivity contribution is 5.13. The van der Waals surface area contributed by atoms with Crippen LogP contribution in [0.3, 0.4) is 0 Å². The number of ether oxygens (including phenoxy) is 3. The van der Waals surface area contributed by atoms with E-state index in [2.05, 4.69) is 20.1 Å². The van der Waals surface area contributed by atoms with Gasteiger partial charge in [-0.25, -0.2) is 0 Å². The van der Waals surface area contributed by atoms with Crippen molar-refractivity contribution in [1.82, 2.24) is 0 Å². The third kappa shape index (κ3) is 5.60. The van der Waals surface area contributed by atoms with Crippen LogP contribution in [-0.4, -0.2) is 48.4 Å². The molecule has 1 aromatic carbocycles. The van der Waals surface area contributed by atoms with Crippen molar-refractivity contribution in [1.29, 1.82) is 0 Å². The van der Waals surface area contributed by atoms with E-state index in [1.165, 1.54) is 0 Å². The number of hydrogen-bond donors (Lipinski definition) is 1. The van der Waals surface area contributed by atoms with Gasteiger partial charge in [0, 0.05) is 9.82 Å². The van der Waals surface area contributed by atoms with E-state index in [0.29, 0.717) is 0 Å². The van der Waals surface area contributed by atoms with Gasteiger partial charge in [0.2, 0.25) is 0 Å². The number of aliphatic hydroxyl groups is 1. The SMILES string of the molecule is CC1(C)OC(CN=[N+]=[N-])C(C(OCc2ccccc2)C(O)CN=[N+]=[N-])O1. The van der Waals surface area contributed by atoms with E-state index in [1.807, 2.05) is 30.3 Å². The van der Waals surface area contributed by atoms with Gasteiger partial charge in [0.25, 0.3) is 0 Å². The van der Waals surface area contributed by atoms with Crippen LogP contribution in [0.1, 0.15) is 19.4 Å². The fraction of sp³-hybridized carbons (Fsp3) is 0.625. The van der Waals surface area contributed by atoms with Gasteiger partial charge in [0.15, 0.2) is 5.79 Å². The minimum Gasteiger partial charge on any atom is -0.390 e. The zero-order valence-electron chi connectivity index (χ0n) is 14.7. The number of aliphatic hydroxyl groups excluding tert-OH is 1. The van der Waals surface area contributed by atoms with Crippen LogP contribution < -0.4 is 0 Å². The number of rotatable bonds is 9. The highest BCUT2D eigenvalue weighted by atomic mass is 16.8. The van der Waals surface area contributed by atoms with Crippen LogP contribution in [0.2, 0.25) is 0 Å². The van der Waals surface area contributed by atoms with Crippen LogP contribution >= 0.6 is 0 Å². The van der Waals surface area contributed by atoms with Gasteiger partial charge in [-0.1, -0.05) is 40.6 Å². The first-order valence-corrected chi connectivity index (χ1v) is 8.18. The first-order valence-electron chi connectivity index (χ1n) is 8.18. The summed E-state index contributed by atoms with van der Waals surface area (Å²) in [4.78, 5) is 5.42. The number of hydrogen-bond acceptors (Lipinski definition) is 6. The normalized spacial score (nSPS) is 23.5. The Kier molecular flexibility index (Phi) is 7.23. The standard InChI is InChI=1S/C16H22N6O4/c1-16(2)25-13(9-20-22-18)15(26-16)14(12(23)8-19-21-17)24-10-11-6-4-3-5-7-11/h3-7,12-15,23H,8-10H2,1-2H3. The van der Waals surface area contributed by atoms with Gasteiger partial charge in [0.1, 0.15) is 12.2 Å². The molecule has 10 heteroatoms. The van der Waals surface area contributed by atoms with Crippen molar-refractivity contribution in [3.63, 3.8) is 0 Å². The smallest absolute Gasteiger partial charge is 0.163 e. The van der Waals surface area contributed by atoms with Crippen molar-refractivity contribution < 1.29 is 19.3 Å². The summed E-state index contributed by atoms with van der Waals surface area (Å²) < 4.78 is 17.6. The molecule has 140 valence electrons. The first kappa shape index (κ1) is 20.0. The van der Waals surface area contributed by atoms with Crippen molar-refractivity contribution >= 4 is 0 Å². The zero-order valence-corrected chi connectivity index (χ0v) is 14.7. The maximum absolute atomic E-state index is 10.5. The van der Waals surface area contributed by atoms with E-state index in [4.69, 9.17) is 25.3 Å². The van der Waals surface area contributed by atoms with Crippen molar-refractivity contribution in [3.8, 4) is 0 Å². The van der Waals surface area contributed by atoms with E-state index < -0.39 is 30.2 Å². The minimum atomic E-state index is -1.11. The molecule has 0 spiro atoms. The third-order valence-corrected chi connectivity index (χ3v) is 3.87.